The molecule has 0 bridgehead atoms. The van der Waals surface area contributed by atoms with E-state index in [1.807, 2.05) is 17.9 Å². The third kappa shape index (κ3) is 2.55. The number of anilines is 1. The van der Waals surface area contributed by atoms with Crippen LogP contribution >= 0.6 is 0 Å². The van der Waals surface area contributed by atoms with Gasteiger partial charge in [-0.3, -0.25) is 10.1 Å². The Balaban J connectivity index is 2.37. The molecule has 0 saturated heterocycles. The maximum Gasteiger partial charge on any atom is 0.292 e. The number of aliphatic hydroxyl groups excluding tert-OH is 1. The van der Waals surface area contributed by atoms with Gasteiger partial charge in [0.15, 0.2) is 0 Å². The SMILES string of the molecule is Cc1ccc(N(CCO)C2CC2)c([N+](=O)[O-])c1. The first-order chi connectivity index (χ1) is 8.13. The van der Waals surface area contributed by atoms with E-state index in [9.17, 15) is 10.1 Å². The molecule has 1 aromatic carbocycles. The Morgan fingerprint density at radius 1 is 1.53 bits per heavy atom. The van der Waals surface area contributed by atoms with Crippen molar-refractivity contribution < 1.29 is 10.0 Å². The number of aliphatic hydroxyl groups is 1. The van der Waals surface area contributed by atoms with Crippen LogP contribution in [0.25, 0.3) is 0 Å². The Bertz CT molecular complexity index is 430. The lowest BCUT2D eigenvalue weighted by Gasteiger charge is -2.23. The van der Waals surface area contributed by atoms with Gasteiger partial charge in [0.25, 0.3) is 5.69 Å². The third-order valence-corrected chi connectivity index (χ3v) is 2.97. The zero-order chi connectivity index (χ0) is 12.4. The lowest BCUT2D eigenvalue weighted by molar-refractivity contribution is -0.384. The highest BCUT2D eigenvalue weighted by Crippen LogP contribution is 2.36. The highest BCUT2D eigenvalue weighted by atomic mass is 16.6. The van der Waals surface area contributed by atoms with E-state index in [0.717, 1.165) is 18.4 Å². The smallest absolute Gasteiger partial charge is 0.292 e. The Hall–Kier alpha value is -1.62. The van der Waals surface area contributed by atoms with Gasteiger partial charge in [0.2, 0.25) is 0 Å². The first-order valence-electron chi connectivity index (χ1n) is 5.76. The molecule has 0 aromatic heterocycles. The summed E-state index contributed by atoms with van der Waals surface area (Å²) in [4.78, 5) is 12.6. The summed E-state index contributed by atoms with van der Waals surface area (Å²) in [5.74, 6) is 0. The highest BCUT2D eigenvalue weighted by Gasteiger charge is 2.32. The van der Waals surface area contributed by atoms with Crippen molar-refractivity contribution in [2.24, 2.45) is 0 Å². The molecule has 0 spiro atoms. The first-order valence-corrected chi connectivity index (χ1v) is 5.76. The second-order valence-corrected chi connectivity index (χ2v) is 4.40. The number of nitro benzene ring substituents is 1. The predicted molar refractivity (Wildman–Crippen MR) is 65.3 cm³/mol. The van der Waals surface area contributed by atoms with Gasteiger partial charge in [-0.1, -0.05) is 6.07 Å². The monoisotopic (exact) mass is 236 g/mol. The minimum atomic E-state index is -0.352. The predicted octanol–water partition coefficient (Wildman–Crippen LogP) is 1.86. The highest BCUT2D eigenvalue weighted by molar-refractivity contribution is 5.65. The minimum Gasteiger partial charge on any atom is -0.395 e. The number of rotatable bonds is 5. The van der Waals surface area contributed by atoms with Crippen molar-refractivity contribution in [1.82, 2.24) is 0 Å². The maximum absolute atomic E-state index is 11.0. The van der Waals surface area contributed by atoms with Crippen molar-refractivity contribution >= 4 is 11.4 Å². The van der Waals surface area contributed by atoms with E-state index in [-0.39, 0.29) is 17.2 Å². The molecule has 1 fully saturated rings. The molecular formula is C12H16N2O3. The summed E-state index contributed by atoms with van der Waals surface area (Å²) in [6.07, 6.45) is 2.09. The van der Waals surface area contributed by atoms with E-state index >= 15 is 0 Å². The Labute approximate surface area is 99.8 Å². The van der Waals surface area contributed by atoms with E-state index in [2.05, 4.69) is 0 Å². The zero-order valence-electron chi connectivity index (χ0n) is 9.80. The molecule has 92 valence electrons. The Morgan fingerprint density at radius 3 is 2.76 bits per heavy atom. The molecule has 5 nitrogen and oxygen atoms in total. The van der Waals surface area contributed by atoms with Crippen LogP contribution in [0.15, 0.2) is 18.2 Å². The van der Waals surface area contributed by atoms with Gasteiger partial charge in [0.05, 0.1) is 11.5 Å². The largest absolute Gasteiger partial charge is 0.395 e. The summed E-state index contributed by atoms with van der Waals surface area (Å²) in [5, 5.41) is 20.1. The summed E-state index contributed by atoms with van der Waals surface area (Å²) in [7, 11) is 0. The summed E-state index contributed by atoms with van der Waals surface area (Å²) >= 11 is 0. The molecule has 0 atom stereocenters. The molecule has 0 unspecified atom stereocenters. The molecular weight excluding hydrogens is 220 g/mol. The molecule has 1 saturated carbocycles. The maximum atomic E-state index is 11.0. The van der Waals surface area contributed by atoms with E-state index in [4.69, 9.17) is 5.11 Å². The van der Waals surface area contributed by atoms with E-state index < -0.39 is 0 Å². The van der Waals surface area contributed by atoms with Crippen LogP contribution in [-0.2, 0) is 0 Å². The normalized spacial score (nSPS) is 14.7. The second kappa shape index (κ2) is 4.71. The molecule has 1 aliphatic carbocycles. The third-order valence-electron chi connectivity index (χ3n) is 2.97. The molecule has 1 N–H and O–H groups in total. The van der Waals surface area contributed by atoms with Crippen molar-refractivity contribution in [1.29, 1.82) is 0 Å². The average molecular weight is 236 g/mol. The number of nitro groups is 1. The van der Waals surface area contributed by atoms with Gasteiger partial charge < -0.3 is 10.0 Å². The van der Waals surface area contributed by atoms with Crippen molar-refractivity contribution in [3.8, 4) is 0 Å². The van der Waals surface area contributed by atoms with Crippen LogP contribution in [0.3, 0.4) is 0 Å². The van der Waals surface area contributed by atoms with Gasteiger partial charge in [-0.2, -0.15) is 0 Å². The Morgan fingerprint density at radius 2 is 2.24 bits per heavy atom. The number of hydrogen-bond donors (Lipinski definition) is 1. The fraction of sp³-hybridized carbons (Fsp3) is 0.500. The first kappa shape index (κ1) is 11.9. The van der Waals surface area contributed by atoms with E-state index in [1.165, 1.54) is 0 Å². The molecule has 0 aliphatic heterocycles. The molecule has 0 heterocycles. The van der Waals surface area contributed by atoms with E-state index in [0.29, 0.717) is 18.3 Å². The molecule has 1 aromatic rings. The topological polar surface area (TPSA) is 66.6 Å². The van der Waals surface area contributed by atoms with Gasteiger partial charge in [-0.05, 0) is 31.4 Å². The molecule has 5 heteroatoms. The minimum absolute atomic E-state index is 0.0154. The van der Waals surface area contributed by atoms with Gasteiger partial charge in [-0.25, -0.2) is 0 Å². The van der Waals surface area contributed by atoms with Crippen molar-refractivity contribution in [2.45, 2.75) is 25.8 Å². The average Bonchev–Trinajstić information content (AvgIpc) is 3.10. The quantitative estimate of drug-likeness (QED) is 0.626. The van der Waals surface area contributed by atoms with Gasteiger partial charge in [0, 0.05) is 18.7 Å². The molecule has 2 rings (SSSR count). The fourth-order valence-electron chi connectivity index (χ4n) is 2.02. The molecule has 17 heavy (non-hydrogen) atoms. The summed E-state index contributed by atoms with van der Waals surface area (Å²) < 4.78 is 0. The van der Waals surface area contributed by atoms with Crippen LogP contribution in [0.2, 0.25) is 0 Å². The van der Waals surface area contributed by atoms with Crippen LogP contribution < -0.4 is 4.90 Å². The Kier molecular flexibility index (Phi) is 3.28. The van der Waals surface area contributed by atoms with Crippen molar-refractivity contribution in [2.75, 3.05) is 18.1 Å². The van der Waals surface area contributed by atoms with E-state index in [1.54, 1.807) is 12.1 Å². The van der Waals surface area contributed by atoms with Gasteiger partial charge in [-0.15, -0.1) is 0 Å². The number of nitrogens with zero attached hydrogens (tertiary/aromatic N) is 2. The number of hydrogen-bond acceptors (Lipinski definition) is 4. The standard InChI is InChI=1S/C12H16N2O3/c1-9-2-5-11(12(8-9)14(16)17)13(6-7-15)10-3-4-10/h2,5,8,10,15H,3-4,6-7H2,1H3. The van der Waals surface area contributed by atoms with Gasteiger partial charge in [0.1, 0.15) is 5.69 Å². The van der Waals surface area contributed by atoms with Crippen molar-refractivity contribution in [3.63, 3.8) is 0 Å². The fourth-order valence-corrected chi connectivity index (χ4v) is 2.02. The second-order valence-electron chi connectivity index (χ2n) is 4.40. The van der Waals surface area contributed by atoms with Crippen LogP contribution in [0, 0.1) is 17.0 Å². The summed E-state index contributed by atoms with van der Waals surface area (Å²) in [5.41, 5.74) is 1.63. The molecule has 0 amide bonds. The lowest BCUT2D eigenvalue weighted by Crippen LogP contribution is -2.29. The molecule has 0 radical (unpaired) electrons. The van der Waals surface area contributed by atoms with Crippen LogP contribution in [0.4, 0.5) is 11.4 Å². The summed E-state index contributed by atoms with van der Waals surface area (Å²) in [6, 6.07) is 5.59. The number of aryl methyl sites for hydroxylation is 1. The summed E-state index contributed by atoms with van der Waals surface area (Å²) in [6.45, 7) is 2.31. The number of benzene rings is 1. The zero-order valence-corrected chi connectivity index (χ0v) is 9.80. The van der Waals surface area contributed by atoms with Gasteiger partial charge >= 0.3 is 0 Å². The van der Waals surface area contributed by atoms with Crippen LogP contribution in [-0.4, -0.2) is 29.2 Å². The van der Waals surface area contributed by atoms with Crippen LogP contribution in [0.5, 0.6) is 0 Å². The van der Waals surface area contributed by atoms with Crippen LogP contribution in [0.1, 0.15) is 18.4 Å². The lowest BCUT2D eigenvalue weighted by atomic mass is 10.1. The molecule has 1 aliphatic rings. The van der Waals surface area contributed by atoms with Crippen molar-refractivity contribution in [3.05, 3.63) is 33.9 Å².